The lowest BCUT2D eigenvalue weighted by Crippen LogP contribution is -2.50. The van der Waals surface area contributed by atoms with Gasteiger partial charge in [-0.3, -0.25) is 4.79 Å². The summed E-state index contributed by atoms with van der Waals surface area (Å²) in [6, 6.07) is 16.4. The molecule has 1 atom stereocenters. The van der Waals surface area contributed by atoms with E-state index in [-0.39, 0.29) is 6.42 Å². The minimum Gasteiger partial charge on any atom is -0.481 e. The van der Waals surface area contributed by atoms with Crippen LogP contribution in [0.1, 0.15) is 6.42 Å². The Kier molecular flexibility index (Phi) is 6.36. The topological polar surface area (TPSA) is 78.4 Å². The van der Waals surface area contributed by atoms with Crippen LogP contribution in [-0.2, 0) is 4.79 Å². The SMILES string of the molecule is C[N+](C)(C)CC(CC(=O)O)NC(=O)Nc1ccccc1-c1ccccc1. The quantitative estimate of drug-likeness (QED) is 0.667. The molecule has 0 fully saturated rings. The largest absolute Gasteiger partial charge is 0.481 e. The van der Waals surface area contributed by atoms with Crippen LogP contribution in [0.15, 0.2) is 54.6 Å². The van der Waals surface area contributed by atoms with E-state index in [1.165, 1.54) is 0 Å². The zero-order chi connectivity index (χ0) is 19.2. The third-order valence-electron chi connectivity index (χ3n) is 3.78. The van der Waals surface area contributed by atoms with E-state index in [0.717, 1.165) is 11.1 Å². The predicted molar refractivity (Wildman–Crippen MR) is 103 cm³/mol. The zero-order valence-electron chi connectivity index (χ0n) is 15.4. The van der Waals surface area contributed by atoms with E-state index in [0.29, 0.717) is 16.7 Å². The number of nitrogens with zero attached hydrogens (tertiary/aromatic N) is 1. The Labute approximate surface area is 154 Å². The molecule has 0 spiro atoms. The molecule has 1 unspecified atom stereocenters. The van der Waals surface area contributed by atoms with Gasteiger partial charge in [-0.25, -0.2) is 4.79 Å². The molecule has 3 N–H and O–H groups in total. The highest BCUT2D eigenvalue weighted by Gasteiger charge is 2.23. The van der Waals surface area contributed by atoms with Gasteiger partial charge >= 0.3 is 12.0 Å². The molecule has 0 aliphatic carbocycles. The van der Waals surface area contributed by atoms with Crippen LogP contribution in [0.4, 0.5) is 10.5 Å². The van der Waals surface area contributed by atoms with Gasteiger partial charge < -0.3 is 20.2 Å². The summed E-state index contributed by atoms with van der Waals surface area (Å²) < 4.78 is 0.554. The third-order valence-corrected chi connectivity index (χ3v) is 3.78. The molecule has 0 saturated carbocycles. The van der Waals surface area contributed by atoms with Gasteiger partial charge in [-0.1, -0.05) is 48.5 Å². The number of carboxylic acids is 1. The van der Waals surface area contributed by atoms with Crippen LogP contribution in [0.3, 0.4) is 0 Å². The van der Waals surface area contributed by atoms with Crippen LogP contribution in [0.5, 0.6) is 0 Å². The Balaban J connectivity index is 2.13. The summed E-state index contributed by atoms with van der Waals surface area (Å²) in [6.45, 7) is 0.514. The highest BCUT2D eigenvalue weighted by Crippen LogP contribution is 2.27. The average Bonchev–Trinajstić information content (AvgIpc) is 2.53. The molecule has 0 heterocycles. The molecule has 138 valence electrons. The fourth-order valence-corrected chi connectivity index (χ4v) is 2.84. The summed E-state index contributed by atoms with van der Waals surface area (Å²) in [6.07, 6.45) is -0.122. The van der Waals surface area contributed by atoms with Crippen molar-refractivity contribution in [2.75, 3.05) is 33.0 Å². The molecule has 6 heteroatoms. The molecule has 0 radical (unpaired) electrons. The fourth-order valence-electron chi connectivity index (χ4n) is 2.84. The number of likely N-dealkylation sites (N-methyl/N-ethyl adjacent to an activating group) is 1. The van der Waals surface area contributed by atoms with Gasteiger partial charge in [0.1, 0.15) is 0 Å². The highest BCUT2D eigenvalue weighted by atomic mass is 16.4. The molecular formula is C20H26N3O3+. The van der Waals surface area contributed by atoms with Crippen molar-refractivity contribution in [3.63, 3.8) is 0 Å². The maximum atomic E-state index is 12.5. The van der Waals surface area contributed by atoms with Crippen molar-refractivity contribution in [3.05, 3.63) is 54.6 Å². The number of carbonyl (C=O) groups is 2. The third kappa shape index (κ3) is 6.22. The van der Waals surface area contributed by atoms with E-state index < -0.39 is 18.0 Å². The first-order valence-corrected chi connectivity index (χ1v) is 8.49. The van der Waals surface area contributed by atoms with E-state index in [2.05, 4.69) is 10.6 Å². The van der Waals surface area contributed by atoms with Gasteiger partial charge in [0, 0.05) is 5.56 Å². The number of rotatable bonds is 7. The van der Waals surface area contributed by atoms with E-state index in [1.54, 1.807) is 0 Å². The molecule has 0 bridgehead atoms. The van der Waals surface area contributed by atoms with E-state index in [9.17, 15) is 9.59 Å². The standard InChI is InChI=1S/C20H25N3O3/c1-23(2,3)14-16(13-19(24)25)21-20(26)22-18-12-8-7-11-17(18)15-9-5-4-6-10-15/h4-12,16H,13-14H2,1-3H3,(H2-,21,22,24,25,26)/p+1. The van der Waals surface area contributed by atoms with Crippen molar-refractivity contribution in [2.24, 2.45) is 0 Å². The van der Waals surface area contributed by atoms with Crippen molar-refractivity contribution < 1.29 is 19.2 Å². The van der Waals surface area contributed by atoms with Crippen LogP contribution in [-0.4, -0.2) is 55.3 Å². The molecule has 0 aliphatic heterocycles. The molecule has 2 aromatic rings. The zero-order valence-corrected chi connectivity index (χ0v) is 15.4. The number of urea groups is 1. The number of nitrogens with one attached hydrogen (secondary N) is 2. The van der Waals surface area contributed by atoms with Gasteiger partial charge in [0.05, 0.1) is 45.8 Å². The summed E-state index contributed by atoms with van der Waals surface area (Å²) in [7, 11) is 5.87. The summed E-state index contributed by atoms with van der Waals surface area (Å²) in [5, 5.41) is 14.7. The van der Waals surface area contributed by atoms with Gasteiger partial charge in [0.15, 0.2) is 0 Å². The number of quaternary nitrogens is 1. The summed E-state index contributed by atoms with van der Waals surface area (Å²) in [5.74, 6) is -0.937. The van der Waals surface area contributed by atoms with Gasteiger partial charge in [-0.2, -0.15) is 0 Å². The minimum absolute atomic E-state index is 0.122. The number of carbonyl (C=O) groups excluding carboxylic acids is 1. The maximum absolute atomic E-state index is 12.5. The van der Waals surface area contributed by atoms with Crippen molar-refractivity contribution in [2.45, 2.75) is 12.5 Å². The van der Waals surface area contributed by atoms with Gasteiger partial charge in [0.2, 0.25) is 0 Å². The maximum Gasteiger partial charge on any atom is 0.319 e. The molecule has 0 aliphatic rings. The van der Waals surface area contributed by atoms with Crippen LogP contribution in [0.2, 0.25) is 0 Å². The molecular weight excluding hydrogens is 330 g/mol. The van der Waals surface area contributed by atoms with E-state index in [1.807, 2.05) is 75.7 Å². The highest BCUT2D eigenvalue weighted by molar-refractivity contribution is 5.94. The molecule has 0 aromatic heterocycles. The first-order chi connectivity index (χ1) is 12.2. The number of aliphatic carboxylic acids is 1. The second-order valence-electron chi connectivity index (χ2n) is 7.28. The minimum atomic E-state index is -0.937. The van der Waals surface area contributed by atoms with Gasteiger partial charge in [-0.05, 0) is 11.6 Å². The molecule has 26 heavy (non-hydrogen) atoms. The number of para-hydroxylation sites is 1. The average molecular weight is 356 g/mol. The number of hydrogen-bond donors (Lipinski definition) is 3. The monoisotopic (exact) mass is 356 g/mol. The molecule has 2 aromatic carbocycles. The van der Waals surface area contributed by atoms with Crippen molar-refractivity contribution in [1.29, 1.82) is 0 Å². The van der Waals surface area contributed by atoms with Gasteiger partial charge in [-0.15, -0.1) is 0 Å². The Bertz CT molecular complexity index is 754. The fraction of sp³-hybridized carbons (Fsp3) is 0.300. The lowest BCUT2D eigenvalue weighted by molar-refractivity contribution is -0.871. The van der Waals surface area contributed by atoms with Gasteiger partial charge in [0.25, 0.3) is 0 Å². The second kappa shape index (κ2) is 8.49. The van der Waals surface area contributed by atoms with Crippen LogP contribution in [0, 0.1) is 0 Å². The van der Waals surface area contributed by atoms with Crippen molar-refractivity contribution in [1.82, 2.24) is 5.32 Å². The molecule has 6 nitrogen and oxygen atoms in total. The van der Waals surface area contributed by atoms with Crippen LogP contribution < -0.4 is 10.6 Å². The normalized spacial score (nSPS) is 12.3. The molecule has 0 saturated heterocycles. The first kappa shape index (κ1) is 19.5. The number of hydrogen-bond acceptors (Lipinski definition) is 2. The number of anilines is 1. The molecule has 2 amide bonds. The Morgan fingerprint density at radius 1 is 1.00 bits per heavy atom. The van der Waals surface area contributed by atoms with E-state index >= 15 is 0 Å². The smallest absolute Gasteiger partial charge is 0.319 e. The summed E-state index contributed by atoms with van der Waals surface area (Å²) >= 11 is 0. The first-order valence-electron chi connectivity index (χ1n) is 8.49. The molecule has 2 rings (SSSR count). The van der Waals surface area contributed by atoms with Crippen molar-refractivity contribution >= 4 is 17.7 Å². The lowest BCUT2D eigenvalue weighted by atomic mass is 10.0. The van der Waals surface area contributed by atoms with Crippen LogP contribution >= 0.6 is 0 Å². The van der Waals surface area contributed by atoms with Crippen LogP contribution in [0.25, 0.3) is 11.1 Å². The summed E-state index contributed by atoms with van der Waals surface area (Å²) in [5.41, 5.74) is 2.58. The number of carboxylic acid groups (broad SMARTS) is 1. The lowest BCUT2D eigenvalue weighted by Gasteiger charge is -2.29. The Hall–Kier alpha value is -2.86. The number of benzene rings is 2. The van der Waals surface area contributed by atoms with Crippen molar-refractivity contribution in [3.8, 4) is 11.1 Å². The van der Waals surface area contributed by atoms with E-state index in [4.69, 9.17) is 5.11 Å². The Morgan fingerprint density at radius 2 is 1.62 bits per heavy atom. The summed E-state index contributed by atoms with van der Waals surface area (Å²) in [4.78, 5) is 23.5. The predicted octanol–water partition coefficient (Wildman–Crippen LogP) is 3.02. The number of amides is 2. The Morgan fingerprint density at radius 3 is 2.23 bits per heavy atom. The second-order valence-corrected chi connectivity index (χ2v) is 7.28.